The van der Waals surface area contributed by atoms with E-state index in [-0.39, 0.29) is 17.7 Å². The number of nitrogens with one attached hydrogen (secondary N) is 2. The van der Waals surface area contributed by atoms with E-state index in [4.69, 9.17) is 0 Å². The minimum Gasteiger partial charge on any atom is -0.334 e. The van der Waals surface area contributed by atoms with Gasteiger partial charge in [0, 0.05) is 18.8 Å². The third-order valence-corrected chi connectivity index (χ3v) is 6.82. The number of likely N-dealkylation sites (tertiary alicyclic amines) is 1. The zero-order valence-corrected chi connectivity index (χ0v) is 19.2. The molecule has 2 aliphatic rings. The molecule has 4 atom stereocenters. The number of amides is 3. The van der Waals surface area contributed by atoms with E-state index in [2.05, 4.69) is 15.6 Å². The SMILES string of the molecule is CCC(CS(=O)C1=CCCC=N1)NC(=O)NC(C(=O)N1CCC[C@H]1C=O)C(C)(C)C. The number of carbonyl (C=O) groups excluding carboxylic acids is 3. The standard InChI is InChI=1S/C21H34N4O4S/c1-5-15(14-30(29)17-10-6-7-11-22-17)23-20(28)24-18(21(2,3)4)19(27)25-12-8-9-16(25)13-26/h10-11,13,15-16,18H,5-9,12,14H2,1-4H3,(H2,23,24,28)/t15?,16-,18?,30?/m0/s1. The summed E-state index contributed by atoms with van der Waals surface area (Å²) in [5.74, 6) is 0.0196. The zero-order chi connectivity index (χ0) is 22.3. The summed E-state index contributed by atoms with van der Waals surface area (Å²) in [6.07, 6.45) is 8.14. The molecule has 2 heterocycles. The minimum atomic E-state index is -1.29. The van der Waals surface area contributed by atoms with Crippen LogP contribution in [0, 0.1) is 5.41 Å². The van der Waals surface area contributed by atoms with Crippen molar-refractivity contribution in [3.8, 4) is 0 Å². The maximum Gasteiger partial charge on any atom is 0.315 e. The molecule has 1 fully saturated rings. The third-order valence-electron chi connectivity index (χ3n) is 5.37. The van der Waals surface area contributed by atoms with Gasteiger partial charge in [-0.15, -0.1) is 0 Å². The molecule has 168 valence electrons. The van der Waals surface area contributed by atoms with E-state index in [0.29, 0.717) is 24.4 Å². The molecule has 2 aliphatic heterocycles. The predicted octanol–water partition coefficient (Wildman–Crippen LogP) is 2.12. The lowest BCUT2D eigenvalue weighted by molar-refractivity contribution is -0.138. The van der Waals surface area contributed by atoms with Crippen molar-refractivity contribution in [2.45, 2.75) is 77.9 Å². The highest BCUT2D eigenvalue weighted by molar-refractivity contribution is 7.89. The number of allylic oxidation sites excluding steroid dienone is 1. The van der Waals surface area contributed by atoms with Gasteiger partial charge in [-0.1, -0.05) is 27.7 Å². The van der Waals surface area contributed by atoms with E-state index in [0.717, 1.165) is 25.5 Å². The van der Waals surface area contributed by atoms with Crippen molar-refractivity contribution >= 4 is 35.2 Å². The molecule has 0 saturated carbocycles. The van der Waals surface area contributed by atoms with Gasteiger partial charge < -0.3 is 20.3 Å². The Morgan fingerprint density at radius 1 is 1.33 bits per heavy atom. The third kappa shape index (κ3) is 6.48. The molecule has 0 spiro atoms. The molecule has 0 aliphatic carbocycles. The van der Waals surface area contributed by atoms with Crippen LogP contribution in [-0.4, -0.2) is 64.0 Å². The first-order valence-corrected chi connectivity index (χ1v) is 11.9. The number of rotatable bonds is 8. The Balaban J connectivity index is 2.01. The number of aldehydes is 1. The van der Waals surface area contributed by atoms with Crippen molar-refractivity contribution in [3.05, 3.63) is 11.1 Å². The fourth-order valence-electron chi connectivity index (χ4n) is 3.55. The molecular formula is C21H34N4O4S. The van der Waals surface area contributed by atoms with Crippen LogP contribution in [0.5, 0.6) is 0 Å². The lowest BCUT2D eigenvalue weighted by atomic mass is 9.85. The highest BCUT2D eigenvalue weighted by atomic mass is 32.2. The highest BCUT2D eigenvalue weighted by Gasteiger charge is 2.39. The van der Waals surface area contributed by atoms with Gasteiger partial charge in [-0.25, -0.2) is 4.79 Å². The molecule has 1 saturated heterocycles. The predicted molar refractivity (Wildman–Crippen MR) is 119 cm³/mol. The van der Waals surface area contributed by atoms with Crippen molar-refractivity contribution in [3.63, 3.8) is 0 Å². The van der Waals surface area contributed by atoms with Crippen LogP contribution >= 0.6 is 0 Å². The molecule has 0 bridgehead atoms. The zero-order valence-electron chi connectivity index (χ0n) is 18.3. The largest absolute Gasteiger partial charge is 0.334 e. The van der Waals surface area contributed by atoms with Crippen LogP contribution in [-0.2, 0) is 20.4 Å². The van der Waals surface area contributed by atoms with Crippen LogP contribution in [0.15, 0.2) is 16.1 Å². The molecule has 2 rings (SSSR count). The minimum absolute atomic E-state index is 0.245. The van der Waals surface area contributed by atoms with E-state index < -0.39 is 34.3 Å². The average molecular weight is 439 g/mol. The fraction of sp³-hybridized carbons (Fsp3) is 0.714. The summed E-state index contributed by atoms with van der Waals surface area (Å²) in [7, 11) is -1.29. The molecular weight excluding hydrogens is 404 g/mol. The monoisotopic (exact) mass is 438 g/mol. The molecule has 0 radical (unpaired) electrons. The van der Waals surface area contributed by atoms with E-state index in [1.165, 1.54) is 0 Å². The summed E-state index contributed by atoms with van der Waals surface area (Å²) in [6.45, 7) is 8.06. The number of hydrogen-bond donors (Lipinski definition) is 2. The molecule has 3 unspecified atom stereocenters. The van der Waals surface area contributed by atoms with Crippen LogP contribution in [0.3, 0.4) is 0 Å². The van der Waals surface area contributed by atoms with E-state index in [1.54, 1.807) is 11.1 Å². The van der Waals surface area contributed by atoms with Gasteiger partial charge in [0.05, 0.1) is 22.6 Å². The van der Waals surface area contributed by atoms with Crippen molar-refractivity contribution in [1.29, 1.82) is 0 Å². The normalized spacial score (nSPS) is 22.1. The quantitative estimate of drug-likeness (QED) is 0.566. The molecule has 8 nitrogen and oxygen atoms in total. The maximum absolute atomic E-state index is 13.1. The van der Waals surface area contributed by atoms with Crippen molar-refractivity contribution in [1.82, 2.24) is 15.5 Å². The Morgan fingerprint density at radius 2 is 2.07 bits per heavy atom. The van der Waals surface area contributed by atoms with Crippen LogP contribution < -0.4 is 10.6 Å². The van der Waals surface area contributed by atoms with Crippen LogP contribution in [0.25, 0.3) is 0 Å². The van der Waals surface area contributed by atoms with Crippen LogP contribution in [0.1, 0.15) is 59.8 Å². The summed E-state index contributed by atoms with van der Waals surface area (Å²) in [4.78, 5) is 42.8. The van der Waals surface area contributed by atoms with E-state index in [9.17, 15) is 18.6 Å². The van der Waals surface area contributed by atoms with Crippen LogP contribution in [0.2, 0.25) is 0 Å². The van der Waals surface area contributed by atoms with Gasteiger partial charge in [0.25, 0.3) is 0 Å². The number of hydrogen-bond acceptors (Lipinski definition) is 5. The summed E-state index contributed by atoms with van der Waals surface area (Å²) in [6, 6.07) is -1.99. The van der Waals surface area contributed by atoms with Gasteiger partial charge in [-0.3, -0.25) is 14.0 Å². The second kappa shape index (κ2) is 10.8. The van der Waals surface area contributed by atoms with Gasteiger partial charge in [0.2, 0.25) is 5.91 Å². The first-order valence-electron chi connectivity index (χ1n) is 10.6. The molecule has 0 aromatic carbocycles. The summed E-state index contributed by atoms with van der Waals surface area (Å²) >= 11 is 0. The molecule has 3 amide bonds. The van der Waals surface area contributed by atoms with Gasteiger partial charge in [-0.2, -0.15) is 0 Å². The smallest absolute Gasteiger partial charge is 0.315 e. The molecule has 0 aromatic heterocycles. The lowest BCUT2D eigenvalue weighted by Crippen LogP contribution is -2.58. The highest BCUT2D eigenvalue weighted by Crippen LogP contribution is 2.25. The Bertz CT molecular complexity index is 729. The first kappa shape index (κ1) is 24.2. The summed E-state index contributed by atoms with van der Waals surface area (Å²) < 4.78 is 12.5. The van der Waals surface area contributed by atoms with Gasteiger partial charge in [0.1, 0.15) is 17.4 Å². The number of nitrogens with zero attached hydrogens (tertiary/aromatic N) is 2. The van der Waals surface area contributed by atoms with Gasteiger partial charge >= 0.3 is 6.03 Å². The number of urea groups is 1. The Kier molecular flexibility index (Phi) is 8.76. The second-order valence-corrected chi connectivity index (χ2v) is 10.3. The Hall–Kier alpha value is -2.03. The molecule has 2 N–H and O–H groups in total. The number of carbonyl (C=O) groups is 3. The molecule has 9 heteroatoms. The summed E-state index contributed by atoms with van der Waals surface area (Å²) in [5, 5.41) is 6.20. The molecule has 0 aromatic rings. The average Bonchev–Trinajstić information content (AvgIpc) is 3.19. The van der Waals surface area contributed by atoms with Crippen molar-refractivity contribution < 1.29 is 18.6 Å². The Morgan fingerprint density at radius 3 is 2.63 bits per heavy atom. The van der Waals surface area contributed by atoms with Gasteiger partial charge in [0.15, 0.2) is 0 Å². The Labute approximate surface area is 181 Å². The van der Waals surface area contributed by atoms with Gasteiger partial charge in [-0.05, 0) is 43.6 Å². The van der Waals surface area contributed by atoms with Crippen LogP contribution in [0.4, 0.5) is 4.79 Å². The fourth-order valence-corrected chi connectivity index (χ4v) is 4.90. The topological polar surface area (TPSA) is 108 Å². The molecule has 30 heavy (non-hydrogen) atoms. The first-order chi connectivity index (χ1) is 14.2. The van der Waals surface area contributed by atoms with E-state index >= 15 is 0 Å². The lowest BCUT2D eigenvalue weighted by Gasteiger charge is -2.35. The maximum atomic E-state index is 13.1. The van der Waals surface area contributed by atoms with Crippen molar-refractivity contribution in [2.24, 2.45) is 10.4 Å². The van der Waals surface area contributed by atoms with Crippen molar-refractivity contribution in [2.75, 3.05) is 12.3 Å². The van der Waals surface area contributed by atoms with E-state index in [1.807, 2.05) is 33.8 Å². The summed E-state index contributed by atoms with van der Waals surface area (Å²) in [5.41, 5.74) is -0.531. The second-order valence-electron chi connectivity index (χ2n) is 8.84. The number of aliphatic imine (C=N–C) groups is 1.